The number of aromatic nitrogens is 2. The van der Waals surface area contributed by atoms with Gasteiger partial charge < -0.3 is 15.0 Å². The molecule has 0 aromatic carbocycles. The van der Waals surface area contributed by atoms with Gasteiger partial charge in [0.25, 0.3) is 0 Å². The molecule has 16 heavy (non-hydrogen) atoms. The first-order chi connectivity index (χ1) is 7.79. The molecule has 0 atom stereocenters. The lowest BCUT2D eigenvalue weighted by Gasteiger charge is -2.27. The van der Waals surface area contributed by atoms with E-state index >= 15 is 0 Å². The molecule has 6 heteroatoms. The van der Waals surface area contributed by atoms with Gasteiger partial charge in [0.05, 0.1) is 25.5 Å². The molecule has 2 heterocycles. The van der Waals surface area contributed by atoms with E-state index in [1.54, 1.807) is 12.4 Å². The molecule has 1 aliphatic rings. The van der Waals surface area contributed by atoms with Gasteiger partial charge in [-0.3, -0.25) is 9.78 Å². The SMILES string of the molecule is CCOc1cncc(N2CCNC(=O)C2)n1. The molecule has 1 aromatic rings. The summed E-state index contributed by atoms with van der Waals surface area (Å²) < 4.78 is 5.26. The molecule has 1 N–H and O–H groups in total. The van der Waals surface area contributed by atoms with Crippen LogP contribution in [0.4, 0.5) is 5.82 Å². The predicted molar refractivity (Wildman–Crippen MR) is 58.4 cm³/mol. The highest BCUT2D eigenvalue weighted by Gasteiger charge is 2.17. The Kier molecular flexibility index (Phi) is 3.19. The quantitative estimate of drug-likeness (QED) is 0.768. The van der Waals surface area contributed by atoms with Gasteiger partial charge in [-0.15, -0.1) is 0 Å². The fraction of sp³-hybridized carbons (Fsp3) is 0.500. The Bertz CT molecular complexity index is 383. The number of ether oxygens (including phenoxy) is 1. The van der Waals surface area contributed by atoms with E-state index in [4.69, 9.17) is 4.74 Å². The average molecular weight is 222 g/mol. The van der Waals surface area contributed by atoms with Crippen LogP contribution in [-0.4, -0.2) is 42.1 Å². The van der Waals surface area contributed by atoms with E-state index in [9.17, 15) is 4.79 Å². The van der Waals surface area contributed by atoms with Gasteiger partial charge in [-0.1, -0.05) is 0 Å². The summed E-state index contributed by atoms with van der Waals surface area (Å²) in [5.41, 5.74) is 0. The Morgan fingerprint density at radius 2 is 2.44 bits per heavy atom. The van der Waals surface area contributed by atoms with Gasteiger partial charge in [-0.2, -0.15) is 4.98 Å². The minimum absolute atomic E-state index is 0.00913. The van der Waals surface area contributed by atoms with Crippen LogP contribution >= 0.6 is 0 Å². The number of anilines is 1. The lowest BCUT2D eigenvalue weighted by atomic mass is 10.3. The molecule has 1 aliphatic heterocycles. The number of carbonyl (C=O) groups excluding carboxylic acids is 1. The van der Waals surface area contributed by atoms with Crippen LogP contribution in [0.5, 0.6) is 5.88 Å². The predicted octanol–water partition coefficient (Wildman–Crippen LogP) is -0.189. The smallest absolute Gasteiger partial charge is 0.239 e. The van der Waals surface area contributed by atoms with Crippen LogP contribution in [-0.2, 0) is 4.79 Å². The molecule has 1 amide bonds. The zero-order chi connectivity index (χ0) is 11.4. The number of carbonyl (C=O) groups is 1. The summed E-state index contributed by atoms with van der Waals surface area (Å²) in [6.45, 7) is 4.15. The molecule has 1 fully saturated rings. The van der Waals surface area contributed by atoms with Gasteiger partial charge in [0.1, 0.15) is 0 Å². The minimum Gasteiger partial charge on any atom is -0.477 e. The summed E-state index contributed by atoms with van der Waals surface area (Å²) in [6.07, 6.45) is 3.21. The van der Waals surface area contributed by atoms with E-state index < -0.39 is 0 Å². The fourth-order valence-corrected chi connectivity index (χ4v) is 1.54. The molecule has 1 saturated heterocycles. The highest BCUT2D eigenvalue weighted by Crippen LogP contribution is 2.14. The highest BCUT2D eigenvalue weighted by molar-refractivity contribution is 5.82. The molecule has 0 bridgehead atoms. The molecular weight excluding hydrogens is 208 g/mol. The van der Waals surface area contributed by atoms with Crippen LogP contribution in [0.15, 0.2) is 12.4 Å². The van der Waals surface area contributed by atoms with Crippen molar-refractivity contribution in [2.75, 3.05) is 31.1 Å². The van der Waals surface area contributed by atoms with Crippen molar-refractivity contribution in [3.63, 3.8) is 0 Å². The zero-order valence-electron chi connectivity index (χ0n) is 9.14. The first kappa shape index (κ1) is 10.7. The topological polar surface area (TPSA) is 67.3 Å². The average Bonchev–Trinajstić information content (AvgIpc) is 2.30. The van der Waals surface area contributed by atoms with E-state index in [1.165, 1.54) is 0 Å². The van der Waals surface area contributed by atoms with Crippen LogP contribution in [0.25, 0.3) is 0 Å². The van der Waals surface area contributed by atoms with Crippen LogP contribution in [0.1, 0.15) is 6.92 Å². The Morgan fingerprint density at radius 3 is 3.19 bits per heavy atom. The van der Waals surface area contributed by atoms with Crippen molar-refractivity contribution in [3.05, 3.63) is 12.4 Å². The molecular formula is C10H14N4O2. The fourth-order valence-electron chi connectivity index (χ4n) is 1.54. The van der Waals surface area contributed by atoms with Crippen molar-refractivity contribution in [2.24, 2.45) is 0 Å². The number of hydrogen-bond donors (Lipinski definition) is 1. The highest BCUT2D eigenvalue weighted by atomic mass is 16.5. The van der Waals surface area contributed by atoms with Crippen molar-refractivity contribution in [2.45, 2.75) is 6.92 Å². The lowest BCUT2D eigenvalue weighted by Crippen LogP contribution is -2.48. The van der Waals surface area contributed by atoms with Crippen molar-refractivity contribution >= 4 is 11.7 Å². The molecule has 2 rings (SSSR count). The number of nitrogens with zero attached hydrogens (tertiary/aromatic N) is 3. The van der Waals surface area contributed by atoms with E-state index in [0.717, 1.165) is 6.54 Å². The number of rotatable bonds is 3. The van der Waals surface area contributed by atoms with Gasteiger partial charge in [-0.05, 0) is 6.92 Å². The van der Waals surface area contributed by atoms with E-state index in [1.807, 2.05) is 11.8 Å². The maximum atomic E-state index is 11.2. The second kappa shape index (κ2) is 4.78. The third kappa shape index (κ3) is 2.39. The van der Waals surface area contributed by atoms with Gasteiger partial charge >= 0.3 is 0 Å². The first-order valence-corrected chi connectivity index (χ1v) is 5.26. The molecule has 0 aliphatic carbocycles. The van der Waals surface area contributed by atoms with Crippen molar-refractivity contribution < 1.29 is 9.53 Å². The van der Waals surface area contributed by atoms with Crippen molar-refractivity contribution in [1.29, 1.82) is 0 Å². The number of amides is 1. The number of nitrogens with one attached hydrogen (secondary N) is 1. The normalized spacial score (nSPS) is 15.8. The Hall–Kier alpha value is -1.85. The lowest BCUT2D eigenvalue weighted by molar-refractivity contribution is -0.120. The van der Waals surface area contributed by atoms with Gasteiger partial charge in [0, 0.05) is 13.1 Å². The summed E-state index contributed by atoms with van der Waals surface area (Å²) in [5, 5.41) is 2.76. The number of piperazine rings is 1. The summed E-state index contributed by atoms with van der Waals surface area (Å²) in [5.74, 6) is 1.18. The van der Waals surface area contributed by atoms with E-state index in [2.05, 4.69) is 15.3 Å². The molecule has 1 aromatic heterocycles. The molecule has 0 unspecified atom stereocenters. The summed E-state index contributed by atoms with van der Waals surface area (Å²) in [4.78, 5) is 21.4. The van der Waals surface area contributed by atoms with E-state index in [0.29, 0.717) is 31.4 Å². The molecule has 0 spiro atoms. The van der Waals surface area contributed by atoms with Crippen molar-refractivity contribution in [3.8, 4) is 5.88 Å². The Morgan fingerprint density at radius 1 is 1.56 bits per heavy atom. The van der Waals surface area contributed by atoms with Crippen LogP contribution in [0.2, 0.25) is 0 Å². The molecule has 6 nitrogen and oxygen atoms in total. The Labute approximate surface area is 93.6 Å². The standard InChI is InChI=1S/C10H14N4O2/c1-2-16-10-6-11-5-8(13-10)14-4-3-12-9(15)7-14/h5-6H,2-4,7H2,1H3,(H,12,15). The first-order valence-electron chi connectivity index (χ1n) is 5.26. The van der Waals surface area contributed by atoms with E-state index in [-0.39, 0.29) is 5.91 Å². The monoisotopic (exact) mass is 222 g/mol. The third-order valence-corrected chi connectivity index (χ3v) is 2.25. The summed E-state index contributed by atoms with van der Waals surface area (Å²) in [6, 6.07) is 0. The summed E-state index contributed by atoms with van der Waals surface area (Å²) in [7, 11) is 0. The van der Waals surface area contributed by atoms with Crippen molar-refractivity contribution in [1.82, 2.24) is 15.3 Å². The van der Waals surface area contributed by atoms with Gasteiger partial charge in [0.15, 0.2) is 5.82 Å². The maximum Gasteiger partial charge on any atom is 0.239 e. The minimum atomic E-state index is 0.00913. The second-order valence-electron chi connectivity index (χ2n) is 3.42. The summed E-state index contributed by atoms with van der Waals surface area (Å²) >= 11 is 0. The molecule has 0 radical (unpaired) electrons. The van der Waals surface area contributed by atoms with Crippen LogP contribution in [0, 0.1) is 0 Å². The van der Waals surface area contributed by atoms with Crippen LogP contribution in [0.3, 0.4) is 0 Å². The van der Waals surface area contributed by atoms with Gasteiger partial charge in [-0.25, -0.2) is 0 Å². The van der Waals surface area contributed by atoms with Crippen LogP contribution < -0.4 is 15.0 Å². The Balaban J connectivity index is 2.12. The maximum absolute atomic E-state index is 11.2. The largest absolute Gasteiger partial charge is 0.477 e. The zero-order valence-corrected chi connectivity index (χ0v) is 9.14. The second-order valence-corrected chi connectivity index (χ2v) is 3.42. The molecule has 0 saturated carbocycles. The number of hydrogen-bond acceptors (Lipinski definition) is 5. The molecule has 86 valence electrons. The third-order valence-electron chi connectivity index (χ3n) is 2.25. The van der Waals surface area contributed by atoms with Gasteiger partial charge in [0.2, 0.25) is 11.8 Å².